The van der Waals surface area contributed by atoms with Crippen LogP contribution in [0.1, 0.15) is 6.92 Å². The quantitative estimate of drug-likeness (QED) is 0.422. The lowest BCUT2D eigenvalue weighted by Crippen LogP contribution is -2.44. The highest BCUT2D eigenvalue weighted by Crippen LogP contribution is 2.52. The van der Waals surface area contributed by atoms with E-state index in [0.29, 0.717) is 15.2 Å². The molecular weight excluding hydrogens is 414 g/mol. The van der Waals surface area contributed by atoms with Gasteiger partial charge < -0.3 is 9.47 Å². The second-order valence-electron chi connectivity index (χ2n) is 6.29. The van der Waals surface area contributed by atoms with Crippen molar-refractivity contribution in [2.45, 2.75) is 18.6 Å². The normalized spacial score (nSPS) is 32.4. The molecule has 2 fully saturated rings. The number of halogens is 2. The van der Waals surface area contributed by atoms with E-state index in [1.54, 1.807) is 30.4 Å². The van der Waals surface area contributed by atoms with Gasteiger partial charge >= 0.3 is 5.97 Å². The molecule has 1 aromatic rings. The molecule has 0 radical (unpaired) electrons. The molecule has 4 rings (SSSR count). The van der Waals surface area contributed by atoms with E-state index in [9.17, 15) is 14.4 Å². The van der Waals surface area contributed by atoms with Crippen LogP contribution in [0.15, 0.2) is 34.8 Å². The topological polar surface area (TPSA) is 72.9 Å². The van der Waals surface area contributed by atoms with E-state index in [1.807, 2.05) is 0 Å². The zero-order chi connectivity index (χ0) is 17.9. The van der Waals surface area contributed by atoms with Gasteiger partial charge in [0.15, 0.2) is 0 Å². The summed E-state index contributed by atoms with van der Waals surface area (Å²) in [6, 6.07) is 4.91. The van der Waals surface area contributed by atoms with Gasteiger partial charge in [0.2, 0.25) is 11.8 Å². The first-order valence-electron chi connectivity index (χ1n) is 7.67. The molecule has 2 saturated heterocycles. The Morgan fingerprint density at radius 2 is 2.16 bits per heavy atom. The fraction of sp³-hybridized carbons (Fsp3) is 0.353. The highest BCUT2D eigenvalue weighted by atomic mass is 79.9. The SMILES string of the molecule is CC(=O)OC[C@@]12C=C[C@@H](O1)[C@H]1C(=O)N(c3ccc(Br)c(Cl)c3)C(=O)[C@H]12. The number of benzene rings is 1. The molecule has 3 aliphatic heterocycles. The van der Waals surface area contributed by atoms with Gasteiger partial charge in [-0.3, -0.25) is 14.4 Å². The molecule has 2 bridgehead atoms. The minimum absolute atomic E-state index is 0.0928. The van der Waals surface area contributed by atoms with Crippen LogP contribution in [0.25, 0.3) is 0 Å². The van der Waals surface area contributed by atoms with Crippen LogP contribution in [-0.2, 0) is 23.9 Å². The Bertz CT molecular complexity index is 840. The molecule has 4 atom stereocenters. The van der Waals surface area contributed by atoms with Crippen molar-refractivity contribution in [1.29, 1.82) is 0 Å². The minimum atomic E-state index is -1.08. The molecule has 3 aliphatic rings. The predicted molar refractivity (Wildman–Crippen MR) is 92.0 cm³/mol. The van der Waals surface area contributed by atoms with Crippen LogP contribution in [-0.4, -0.2) is 36.1 Å². The summed E-state index contributed by atoms with van der Waals surface area (Å²) >= 11 is 9.39. The highest BCUT2D eigenvalue weighted by molar-refractivity contribution is 9.10. The molecule has 8 heteroatoms. The van der Waals surface area contributed by atoms with Crippen molar-refractivity contribution in [3.05, 3.63) is 39.8 Å². The smallest absolute Gasteiger partial charge is 0.302 e. The lowest BCUT2D eigenvalue weighted by atomic mass is 9.77. The number of esters is 1. The van der Waals surface area contributed by atoms with Crippen LogP contribution < -0.4 is 4.90 Å². The van der Waals surface area contributed by atoms with E-state index >= 15 is 0 Å². The Hall–Kier alpha value is -1.70. The molecule has 0 saturated carbocycles. The second-order valence-corrected chi connectivity index (χ2v) is 7.55. The molecule has 3 heterocycles. The maximum absolute atomic E-state index is 13.0. The predicted octanol–water partition coefficient (Wildman–Crippen LogP) is 2.48. The number of fused-ring (bicyclic) bond motifs is 5. The van der Waals surface area contributed by atoms with Crippen molar-refractivity contribution in [3.63, 3.8) is 0 Å². The van der Waals surface area contributed by atoms with Crippen LogP contribution in [0.3, 0.4) is 0 Å². The zero-order valence-electron chi connectivity index (χ0n) is 13.1. The summed E-state index contributed by atoms with van der Waals surface area (Å²) in [6.07, 6.45) is 2.99. The van der Waals surface area contributed by atoms with E-state index in [1.165, 1.54) is 6.92 Å². The number of hydrogen-bond donors (Lipinski definition) is 0. The third-order valence-electron chi connectivity index (χ3n) is 4.82. The lowest BCUT2D eigenvalue weighted by Gasteiger charge is -2.28. The van der Waals surface area contributed by atoms with Crippen LogP contribution in [0.4, 0.5) is 5.69 Å². The van der Waals surface area contributed by atoms with Crippen molar-refractivity contribution in [2.75, 3.05) is 11.5 Å². The first-order valence-corrected chi connectivity index (χ1v) is 8.84. The standard InChI is InChI=1S/C17H13BrClNO5/c1-8(21)24-7-17-5-4-12(25-17)13-14(17)16(23)20(15(13)22)9-2-3-10(18)11(19)6-9/h2-6,12-14H,7H2,1H3/t12-,13-,14+,17-/m1/s1. The average Bonchev–Trinajstić information content (AvgIpc) is 3.20. The number of rotatable bonds is 3. The maximum atomic E-state index is 13.0. The summed E-state index contributed by atoms with van der Waals surface area (Å²) in [5.41, 5.74) is -0.665. The van der Waals surface area contributed by atoms with E-state index in [2.05, 4.69) is 15.9 Å². The lowest BCUT2D eigenvalue weighted by molar-refractivity contribution is -0.150. The molecule has 25 heavy (non-hydrogen) atoms. The summed E-state index contributed by atoms with van der Waals surface area (Å²) in [6.45, 7) is 1.20. The van der Waals surface area contributed by atoms with Crippen molar-refractivity contribution >= 4 is 51.0 Å². The summed E-state index contributed by atoms with van der Waals surface area (Å²) < 4.78 is 11.6. The van der Waals surface area contributed by atoms with Crippen LogP contribution in [0.2, 0.25) is 5.02 Å². The monoisotopic (exact) mass is 425 g/mol. The number of nitrogens with zero attached hydrogens (tertiary/aromatic N) is 1. The van der Waals surface area contributed by atoms with Gasteiger partial charge in [0.05, 0.1) is 28.6 Å². The van der Waals surface area contributed by atoms with E-state index in [-0.39, 0.29) is 18.4 Å². The summed E-state index contributed by atoms with van der Waals surface area (Å²) in [5.74, 6) is -2.49. The van der Waals surface area contributed by atoms with Crippen LogP contribution >= 0.6 is 27.5 Å². The highest BCUT2D eigenvalue weighted by Gasteiger charge is 2.68. The zero-order valence-corrected chi connectivity index (χ0v) is 15.4. The fourth-order valence-electron chi connectivity index (χ4n) is 3.76. The number of carbonyl (C=O) groups is 3. The van der Waals surface area contributed by atoms with Crippen molar-refractivity contribution in [3.8, 4) is 0 Å². The van der Waals surface area contributed by atoms with Gasteiger partial charge in [-0.15, -0.1) is 0 Å². The molecule has 0 aromatic heterocycles. The first-order chi connectivity index (χ1) is 11.8. The van der Waals surface area contributed by atoms with Gasteiger partial charge in [-0.05, 0) is 40.2 Å². The Morgan fingerprint density at radius 1 is 1.40 bits per heavy atom. The molecule has 2 amide bonds. The average molecular weight is 427 g/mol. The molecule has 0 N–H and O–H groups in total. The van der Waals surface area contributed by atoms with Crippen LogP contribution in [0, 0.1) is 11.8 Å². The van der Waals surface area contributed by atoms with Gasteiger partial charge in [0, 0.05) is 11.4 Å². The number of anilines is 1. The number of carbonyl (C=O) groups excluding carboxylic acids is 3. The van der Waals surface area contributed by atoms with Gasteiger partial charge in [-0.2, -0.15) is 0 Å². The third-order valence-corrected chi connectivity index (χ3v) is 6.05. The Balaban J connectivity index is 1.70. The number of amides is 2. The molecule has 0 spiro atoms. The molecular formula is C17H13BrClNO5. The van der Waals surface area contributed by atoms with Crippen LogP contribution in [0.5, 0.6) is 0 Å². The second kappa shape index (κ2) is 5.65. The van der Waals surface area contributed by atoms with Gasteiger partial charge in [-0.1, -0.05) is 17.7 Å². The first kappa shape index (κ1) is 16.8. The number of ether oxygens (including phenoxy) is 2. The molecule has 6 nitrogen and oxygen atoms in total. The van der Waals surface area contributed by atoms with E-state index in [0.717, 1.165) is 4.90 Å². The molecule has 130 valence electrons. The Morgan fingerprint density at radius 3 is 2.84 bits per heavy atom. The van der Waals surface area contributed by atoms with Gasteiger partial charge in [0.25, 0.3) is 0 Å². The summed E-state index contributed by atoms with van der Waals surface area (Å²) in [5, 5.41) is 0.405. The Kier molecular flexibility index (Phi) is 3.79. The van der Waals surface area contributed by atoms with Gasteiger partial charge in [-0.25, -0.2) is 4.90 Å². The number of hydrogen-bond acceptors (Lipinski definition) is 5. The van der Waals surface area contributed by atoms with Crippen molar-refractivity contribution < 1.29 is 23.9 Å². The maximum Gasteiger partial charge on any atom is 0.302 e. The molecule has 0 unspecified atom stereocenters. The molecule has 1 aromatic carbocycles. The van der Waals surface area contributed by atoms with Gasteiger partial charge in [0.1, 0.15) is 12.2 Å². The summed E-state index contributed by atoms with van der Waals surface area (Å²) in [4.78, 5) is 38.3. The van der Waals surface area contributed by atoms with E-state index in [4.69, 9.17) is 21.1 Å². The minimum Gasteiger partial charge on any atom is -0.462 e. The van der Waals surface area contributed by atoms with E-state index < -0.39 is 29.5 Å². The molecule has 0 aliphatic carbocycles. The fourth-order valence-corrected chi connectivity index (χ4v) is 4.18. The van der Waals surface area contributed by atoms with Crippen molar-refractivity contribution in [2.24, 2.45) is 11.8 Å². The number of imide groups is 1. The summed E-state index contributed by atoms with van der Waals surface area (Å²) in [7, 11) is 0. The third kappa shape index (κ3) is 2.37. The van der Waals surface area contributed by atoms with Crippen molar-refractivity contribution in [1.82, 2.24) is 0 Å². The largest absolute Gasteiger partial charge is 0.462 e. The Labute approximate surface area is 156 Å².